The van der Waals surface area contributed by atoms with E-state index in [0.717, 1.165) is 11.6 Å². The van der Waals surface area contributed by atoms with E-state index < -0.39 is 0 Å². The largest absolute Gasteiger partial charge is 0.494 e. The fraction of sp³-hybridized carbons (Fsp3) is 0.667. The van der Waals surface area contributed by atoms with Gasteiger partial charge >= 0.3 is 0 Å². The van der Waals surface area contributed by atoms with Crippen molar-refractivity contribution in [2.75, 3.05) is 12.4 Å². The maximum atomic E-state index is 13.4. The number of ether oxygens (including phenoxy) is 1. The van der Waals surface area contributed by atoms with Gasteiger partial charge in [-0.25, -0.2) is 4.39 Å². The van der Waals surface area contributed by atoms with E-state index in [-0.39, 0.29) is 5.82 Å². The van der Waals surface area contributed by atoms with Gasteiger partial charge in [0.25, 0.3) is 0 Å². The van der Waals surface area contributed by atoms with Gasteiger partial charge in [-0.1, -0.05) is 27.2 Å². The lowest BCUT2D eigenvalue weighted by Gasteiger charge is -2.39. The molecule has 1 aromatic carbocycles. The second-order valence-electron chi connectivity index (χ2n) is 6.88. The summed E-state index contributed by atoms with van der Waals surface area (Å²) in [5, 5.41) is 3.53. The minimum atomic E-state index is -0.309. The van der Waals surface area contributed by atoms with Gasteiger partial charge in [0, 0.05) is 17.8 Å². The number of methoxy groups -OCH3 is 1. The van der Waals surface area contributed by atoms with Crippen molar-refractivity contribution in [1.29, 1.82) is 0 Å². The lowest BCUT2D eigenvalue weighted by Crippen LogP contribution is -2.32. The van der Waals surface area contributed by atoms with Crippen LogP contribution < -0.4 is 10.1 Å². The number of benzene rings is 1. The number of rotatable bonds is 5. The molecule has 1 aliphatic carbocycles. The summed E-state index contributed by atoms with van der Waals surface area (Å²) < 4.78 is 18.5. The highest BCUT2D eigenvalue weighted by Crippen LogP contribution is 2.41. The molecular weight excluding hydrogens is 265 g/mol. The Morgan fingerprint density at radius 2 is 1.90 bits per heavy atom. The molecule has 0 saturated heterocycles. The van der Waals surface area contributed by atoms with Crippen LogP contribution in [0.5, 0.6) is 5.75 Å². The van der Waals surface area contributed by atoms with Crippen molar-refractivity contribution in [3.63, 3.8) is 0 Å². The molecule has 21 heavy (non-hydrogen) atoms. The molecule has 0 aromatic heterocycles. The molecule has 1 saturated carbocycles. The summed E-state index contributed by atoms with van der Waals surface area (Å²) in [7, 11) is 1.50. The first-order valence-corrected chi connectivity index (χ1v) is 8.06. The standard InChI is InChI=1S/C18H28FNO/c1-5-18(2,3)13-6-8-14(9-7-13)20-15-10-11-16(19)17(12-15)21-4/h10-14,20H,5-9H2,1-4H3. The Kier molecular flexibility index (Phi) is 5.13. The lowest BCUT2D eigenvalue weighted by molar-refractivity contribution is 0.147. The van der Waals surface area contributed by atoms with Crippen molar-refractivity contribution < 1.29 is 9.13 Å². The monoisotopic (exact) mass is 293 g/mol. The maximum absolute atomic E-state index is 13.4. The molecule has 0 aliphatic heterocycles. The van der Waals surface area contributed by atoms with Crippen LogP contribution in [0.1, 0.15) is 52.9 Å². The van der Waals surface area contributed by atoms with Crippen molar-refractivity contribution in [2.24, 2.45) is 11.3 Å². The second-order valence-corrected chi connectivity index (χ2v) is 6.88. The van der Waals surface area contributed by atoms with Gasteiger partial charge < -0.3 is 10.1 Å². The van der Waals surface area contributed by atoms with Crippen LogP contribution in [0, 0.1) is 17.2 Å². The van der Waals surface area contributed by atoms with E-state index in [0.29, 0.717) is 17.2 Å². The van der Waals surface area contributed by atoms with Crippen LogP contribution in [0.3, 0.4) is 0 Å². The van der Waals surface area contributed by atoms with E-state index in [1.165, 1.54) is 45.3 Å². The summed E-state index contributed by atoms with van der Waals surface area (Å²) in [6.07, 6.45) is 6.17. The van der Waals surface area contributed by atoms with Crippen LogP contribution >= 0.6 is 0 Å². The van der Waals surface area contributed by atoms with Gasteiger partial charge in [0.15, 0.2) is 11.6 Å². The average Bonchev–Trinajstić information content (AvgIpc) is 2.49. The first kappa shape index (κ1) is 16.1. The molecule has 1 aliphatic rings. The molecule has 1 N–H and O–H groups in total. The Morgan fingerprint density at radius 1 is 1.24 bits per heavy atom. The van der Waals surface area contributed by atoms with Gasteiger partial charge in [0.05, 0.1) is 7.11 Å². The molecule has 0 unspecified atom stereocenters. The van der Waals surface area contributed by atoms with E-state index in [4.69, 9.17) is 4.74 Å². The molecule has 2 nitrogen and oxygen atoms in total. The van der Waals surface area contributed by atoms with Crippen LogP contribution in [0.2, 0.25) is 0 Å². The Hall–Kier alpha value is -1.25. The molecule has 3 heteroatoms. The van der Waals surface area contributed by atoms with Crippen LogP contribution in [0.15, 0.2) is 18.2 Å². The average molecular weight is 293 g/mol. The van der Waals surface area contributed by atoms with E-state index in [2.05, 4.69) is 26.1 Å². The fourth-order valence-electron chi connectivity index (χ4n) is 3.29. The van der Waals surface area contributed by atoms with Crippen molar-refractivity contribution in [3.05, 3.63) is 24.0 Å². The molecule has 0 atom stereocenters. The Morgan fingerprint density at radius 3 is 2.48 bits per heavy atom. The topological polar surface area (TPSA) is 21.3 Å². The SMILES string of the molecule is CCC(C)(C)C1CCC(Nc2ccc(F)c(OC)c2)CC1. The minimum Gasteiger partial charge on any atom is -0.494 e. The Labute approximate surface area is 128 Å². The zero-order valence-corrected chi connectivity index (χ0v) is 13.7. The number of nitrogens with one attached hydrogen (secondary N) is 1. The summed E-state index contributed by atoms with van der Waals surface area (Å²) >= 11 is 0. The molecule has 118 valence electrons. The van der Waals surface area contributed by atoms with Crippen molar-refractivity contribution in [2.45, 2.75) is 58.9 Å². The Bertz CT molecular complexity index is 464. The predicted molar refractivity (Wildman–Crippen MR) is 86.4 cm³/mol. The molecule has 0 spiro atoms. The smallest absolute Gasteiger partial charge is 0.165 e. The first-order valence-electron chi connectivity index (χ1n) is 8.06. The van der Waals surface area contributed by atoms with Gasteiger partial charge in [-0.2, -0.15) is 0 Å². The molecule has 1 aromatic rings. The molecular formula is C18H28FNO. The first-order chi connectivity index (χ1) is 9.96. The third-order valence-corrected chi connectivity index (χ3v) is 5.27. The highest BCUT2D eigenvalue weighted by Gasteiger charge is 2.31. The molecule has 0 radical (unpaired) electrons. The third kappa shape index (κ3) is 3.90. The number of hydrogen-bond acceptors (Lipinski definition) is 2. The highest BCUT2D eigenvalue weighted by atomic mass is 19.1. The molecule has 0 heterocycles. The predicted octanol–water partition coefficient (Wildman–Crippen LogP) is 5.24. The zero-order valence-electron chi connectivity index (χ0n) is 13.7. The summed E-state index contributed by atoms with van der Waals surface area (Å²) in [5.41, 5.74) is 1.40. The van der Waals surface area contributed by atoms with E-state index in [1.54, 1.807) is 12.1 Å². The number of hydrogen-bond donors (Lipinski definition) is 1. The van der Waals surface area contributed by atoms with Crippen molar-refractivity contribution in [1.82, 2.24) is 0 Å². The molecule has 0 bridgehead atoms. The van der Waals surface area contributed by atoms with Crippen LogP contribution in [-0.2, 0) is 0 Å². The van der Waals surface area contributed by atoms with Gasteiger partial charge in [-0.05, 0) is 49.1 Å². The number of halogens is 1. The van der Waals surface area contributed by atoms with Crippen LogP contribution in [-0.4, -0.2) is 13.2 Å². The van der Waals surface area contributed by atoms with E-state index in [9.17, 15) is 4.39 Å². The summed E-state index contributed by atoms with van der Waals surface area (Å²) in [4.78, 5) is 0. The summed E-state index contributed by atoms with van der Waals surface area (Å²) in [5.74, 6) is 0.820. The quantitative estimate of drug-likeness (QED) is 0.801. The van der Waals surface area contributed by atoms with Crippen LogP contribution in [0.25, 0.3) is 0 Å². The van der Waals surface area contributed by atoms with Crippen molar-refractivity contribution >= 4 is 5.69 Å². The maximum Gasteiger partial charge on any atom is 0.165 e. The van der Waals surface area contributed by atoms with Gasteiger partial charge in [0.2, 0.25) is 0 Å². The molecule has 2 rings (SSSR count). The molecule has 1 fully saturated rings. The number of anilines is 1. The summed E-state index contributed by atoms with van der Waals surface area (Å²) in [6.45, 7) is 7.06. The van der Waals surface area contributed by atoms with Crippen LogP contribution in [0.4, 0.5) is 10.1 Å². The Balaban J connectivity index is 1.92. The van der Waals surface area contributed by atoms with Gasteiger partial charge in [-0.3, -0.25) is 0 Å². The molecule has 0 amide bonds. The third-order valence-electron chi connectivity index (χ3n) is 5.27. The highest BCUT2D eigenvalue weighted by molar-refractivity contribution is 5.49. The van der Waals surface area contributed by atoms with E-state index in [1.807, 2.05) is 0 Å². The van der Waals surface area contributed by atoms with E-state index >= 15 is 0 Å². The summed E-state index contributed by atoms with van der Waals surface area (Å²) in [6, 6.07) is 5.49. The van der Waals surface area contributed by atoms with Gasteiger partial charge in [0.1, 0.15) is 0 Å². The second kappa shape index (κ2) is 6.67. The van der Waals surface area contributed by atoms with Crippen molar-refractivity contribution in [3.8, 4) is 5.75 Å². The normalized spacial score (nSPS) is 22.9. The fourth-order valence-corrected chi connectivity index (χ4v) is 3.29. The lowest BCUT2D eigenvalue weighted by atomic mass is 9.69. The minimum absolute atomic E-state index is 0.306. The van der Waals surface area contributed by atoms with Gasteiger partial charge in [-0.15, -0.1) is 0 Å². The zero-order chi connectivity index (χ0) is 15.5.